The van der Waals surface area contributed by atoms with Gasteiger partial charge in [-0.3, -0.25) is 0 Å². The van der Waals surface area contributed by atoms with Crippen LogP contribution < -0.4 is 0 Å². The predicted octanol–water partition coefficient (Wildman–Crippen LogP) is 10.1. The lowest BCUT2D eigenvalue weighted by atomic mass is 10.2. The Kier molecular flexibility index (Phi) is 92.4. The standard InChI is InChI=1S/C6H12.2C5H12.C4H10.C2H6.C2H4/c1-3-5-6-4-2;2*1-4-5(2)3;1-3-4-2;2*1-2/h5-6H,3-4H2,1-2H3;2*5H,4H2,1-3H3;3-4H2,1-2H3;1-2H3;1-2H2. The largest absolute Gasteiger partial charge is 0.106 e. The van der Waals surface area contributed by atoms with E-state index in [0.29, 0.717) is 0 Å². The highest BCUT2D eigenvalue weighted by Gasteiger charge is 1.80. The van der Waals surface area contributed by atoms with Crippen LogP contribution in [0.1, 0.15) is 122 Å². The smallest absolute Gasteiger partial charge is 0.0379 e. The highest BCUT2D eigenvalue weighted by Crippen LogP contribution is 1.94. The molecule has 0 aliphatic carbocycles. The Morgan fingerprint density at radius 3 is 0.792 bits per heavy atom. The van der Waals surface area contributed by atoms with Crippen molar-refractivity contribution >= 4 is 0 Å². The molecule has 0 atom stereocenters. The van der Waals surface area contributed by atoms with E-state index in [1.165, 1.54) is 38.5 Å². The summed E-state index contributed by atoms with van der Waals surface area (Å²) in [5.41, 5.74) is 0. The van der Waals surface area contributed by atoms with E-state index in [2.05, 4.69) is 94.5 Å². The SMILES string of the molecule is C=C.CC.CCC(C)C.CCC(C)C.CCC=CCC.CCCC. The van der Waals surface area contributed by atoms with E-state index in [1.807, 2.05) is 13.8 Å². The Morgan fingerprint density at radius 2 is 0.750 bits per heavy atom. The number of allylic oxidation sites excluding steroid dienone is 2. The second-order valence-corrected chi connectivity index (χ2v) is 5.89. The molecule has 0 saturated heterocycles. The summed E-state index contributed by atoms with van der Waals surface area (Å²) in [7, 11) is 0. The highest BCUT2D eigenvalue weighted by atomic mass is 13.9. The Labute approximate surface area is 159 Å². The Hall–Kier alpha value is -0.520. The third-order valence-corrected chi connectivity index (χ3v) is 2.77. The molecule has 0 heterocycles. The quantitative estimate of drug-likeness (QED) is 0.435. The Morgan fingerprint density at radius 1 is 0.583 bits per heavy atom. The van der Waals surface area contributed by atoms with Gasteiger partial charge < -0.3 is 0 Å². The minimum atomic E-state index is 0.884. The van der Waals surface area contributed by atoms with Gasteiger partial charge in [-0.05, 0) is 24.7 Å². The van der Waals surface area contributed by atoms with E-state index in [-0.39, 0.29) is 0 Å². The van der Waals surface area contributed by atoms with Crippen molar-refractivity contribution in [2.24, 2.45) is 11.8 Å². The number of unbranched alkanes of at least 4 members (excludes halogenated alkanes) is 1. The van der Waals surface area contributed by atoms with Crippen molar-refractivity contribution < 1.29 is 0 Å². The zero-order valence-corrected chi connectivity index (χ0v) is 20.0. The van der Waals surface area contributed by atoms with Crippen LogP contribution >= 0.6 is 0 Å². The average Bonchev–Trinajstić information content (AvgIpc) is 2.64. The maximum Gasteiger partial charge on any atom is -0.0379 e. The van der Waals surface area contributed by atoms with Crippen LogP contribution in [0.25, 0.3) is 0 Å². The summed E-state index contributed by atoms with van der Waals surface area (Å²) in [6.45, 7) is 31.9. The molecule has 0 saturated carbocycles. The molecule has 0 unspecified atom stereocenters. The molecule has 0 spiro atoms. The summed E-state index contributed by atoms with van der Waals surface area (Å²) in [6.07, 6.45) is 12.0. The molecule has 0 N–H and O–H groups in total. The van der Waals surface area contributed by atoms with E-state index in [4.69, 9.17) is 0 Å². The first-order valence-electron chi connectivity index (χ1n) is 10.5. The molecule has 0 aromatic heterocycles. The predicted molar refractivity (Wildman–Crippen MR) is 123 cm³/mol. The van der Waals surface area contributed by atoms with Gasteiger partial charge in [0.05, 0.1) is 0 Å². The van der Waals surface area contributed by atoms with Crippen LogP contribution in [0.2, 0.25) is 0 Å². The second kappa shape index (κ2) is 57.1. The first-order chi connectivity index (χ1) is 11.4. The van der Waals surface area contributed by atoms with Gasteiger partial charge in [0.2, 0.25) is 0 Å². The summed E-state index contributed by atoms with van der Waals surface area (Å²) in [6, 6.07) is 0. The van der Waals surface area contributed by atoms with Gasteiger partial charge >= 0.3 is 0 Å². The first-order valence-corrected chi connectivity index (χ1v) is 10.5. The minimum absolute atomic E-state index is 0.884. The maximum absolute atomic E-state index is 3.00. The van der Waals surface area contributed by atoms with Crippen LogP contribution in [-0.2, 0) is 0 Å². The van der Waals surface area contributed by atoms with E-state index >= 15 is 0 Å². The molecule has 0 radical (unpaired) electrons. The van der Waals surface area contributed by atoms with Crippen molar-refractivity contribution in [3.63, 3.8) is 0 Å². The van der Waals surface area contributed by atoms with Gasteiger partial charge in [-0.25, -0.2) is 0 Å². The zero-order valence-electron chi connectivity index (χ0n) is 20.0. The molecule has 0 aliphatic rings. The van der Waals surface area contributed by atoms with Crippen LogP contribution in [0.4, 0.5) is 0 Å². The van der Waals surface area contributed by atoms with Crippen molar-refractivity contribution in [2.75, 3.05) is 0 Å². The van der Waals surface area contributed by atoms with Crippen molar-refractivity contribution in [3.05, 3.63) is 25.3 Å². The molecule has 0 fully saturated rings. The molecule has 0 nitrogen and oxygen atoms in total. The fourth-order valence-electron chi connectivity index (χ4n) is 0.333. The van der Waals surface area contributed by atoms with Crippen LogP contribution in [0, 0.1) is 11.8 Å². The molecule has 0 heteroatoms. The zero-order chi connectivity index (χ0) is 20.8. The van der Waals surface area contributed by atoms with Crippen molar-refractivity contribution in [3.8, 4) is 0 Å². The fourth-order valence-corrected chi connectivity index (χ4v) is 0.333. The van der Waals surface area contributed by atoms with Gasteiger partial charge in [-0.1, -0.05) is 121 Å². The topological polar surface area (TPSA) is 0 Å². The van der Waals surface area contributed by atoms with Crippen LogP contribution in [0.15, 0.2) is 25.3 Å². The molecule has 0 rings (SSSR count). The normalized spacial score (nSPS) is 8.25. The number of hydrogen-bond donors (Lipinski definition) is 0. The monoisotopic (exact) mass is 344 g/mol. The van der Waals surface area contributed by atoms with E-state index in [1.54, 1.807) is 0 Å². The minimum Gasteiger partial charge on any atom is -0.106 e. The van der Waals surface area contributed by atoms with Gasteiger partial charge in [-0.15, -0.1) is 13.2 Å². The lowest BCUT2D eigenvalue weighted by molar-refractivity contribution is 0.626. The van der Waals surface area contributed by atoms with Crippen LogP contribution in [0.3, 0.4) is 0 Å². The molecule has 0 aromatic rings. The maximum atomic E-state index is 3.00. The van der Waals surface area contributed by atoms with Gasteiger partial charge in [0, 0.05) is 0 Å². The van der Waals surface area contributed by atoms with Gasteiger partial charge in [0.1, 0.15) is 0 Å². The number of hydrogen-bond acceptors (Lipinski definition) is 0. The Bertz CT molecular complexity index is 126. The number of rotatable bonds is 5. The molecule has 152 valence electrons. The highest BCUT2D eigenvalue weighted by molar-refractivity contribution is 4.77. The van der Waals surface area contributed by atoms with E-state index < -0.39 is 0 Å². The molecule has 24 heavy (non-hydrogen) atoms. The van der Waals surface area contributed by atoms with Gasteiger partial charge in [-0.2, -0.15) is 0 Å². The van der Waals surface area contributed by atoms with Crippen molar-refractivity contribution in [1.82, 2.24) is 0 Å². The third-order valence-electron chi connectivity index (χ3n) is 2.77. The van der Waals surface area contributed by atoms with E-state index in [9.17, 15) is 0 Å². The molecule has 0 aliphatic heterocycles. The third kappa shape index (κ3) is 161. The first kappa shape index (κ1) is 38.8. The average molecular weight is 345 g/mol. The van der Waals surface area contributed by atoms with Gasteiger partial charge in [0.15, 0.2) is 0 Å². The molecule has 0 aromatic carbocycles. The fraction of sp³-hybridized carbons (Fsp3) is 0.833. The van der Waals surface area contributed by atoms with Crippen LogP contribution in [-0.4, -0.2) is 0 Å². The van der Waals surface area contributed by atoms with Gasteiger partial charge in [0.25, 0.3) is 0 Å². The lowest BCUT2D eigenvalue weighted by Crippen LogP contribution is -1.77. The van der Waals surface area contributed by atoms with Crippen molar-refractivity contribution in [2.45, 2.75) is 122 Å². The Balaban J connectivity index is -0.0000000423. The summed E-state index contributed by atoms with van der Waals surface area (Å²) in [5, 5.41) is 0. The molecule has 0 amide bonds. The molecular weight excluding hydrogens is 288 g/mol. The summed E-state index contributed by atoms with van der Waals surface area (Å²) in [5.74, 6) is 1.77. The summed E-state index contributed by atoms with van der Waals surface area (Å²) in [4.78, 5) is 0. The van der Waals surface area contributed by atoms with Crippen LogP contribution in [0.5, 0.6) is 0 Å². The second-order valence-electron chi connectivity index (χ2n) is 5.89. The van der Waals surface area contributed by atoms with E-state index in [0.717, 1.165) is 11.8 Å². The molecule has 0 bridgehead atoms. The summed E-state index contributed by atoms with van der Waals surface area (Å²) >= 11 is 0. The van der Waals surface area contributed by atoms with Crippen molar-refractivity contribution in [1.29, 1.82) is 0 Å². The summed E-state index contributed by atoms with van der Waals surface area (Å²) < 4.78 is 0. The molecular formula is C24H56. The lowest BCUT2D eigenvalue weighted by Gasteiger charge is -1.90.